The third kappa shape index (κ3) is 1.46. The van der Waals surface area contributed by atoms with Crippen LogP contribution in [0, 0.1) is 13.8 Å². The van der Waals surface area contributed by atoms with E-state index in [2.05, 4.69) is 16.2 Å². The van der Waals surface area contributed by atoms with E-state index in [0.29, 0.717) is 5.82 Å². The number of aromatic nitrogens is 2. The third-order valence-corrected chi connectivity index (χ3v) is 2.06. The standard InChI is InChI=1S/C10H11N3O/c1-6-3-4-8(7(2)5-6)9-12-10(11)14-13-9/h3-5H,1-2H3,(H2,11,12,13). The van der Waals surface area contributed by atoms with Crippen molar-refractivity contribution >= 4 is 6.01 Å². The van der Waals surface area contributed by atoms with Crippen molar-refractivity contribution in [2.75, 3.05) is 5.73 Å². The van der Waals surface area contributed by atoms with E-state index in [9.17, 15) is 0 Å². The van der Waals surface area contributed by atoms with Gasteiger partial charge in [-0.05, 0) is 19.4 Å². The van der Waals surface area contributed by atoms with Crippen LogP contribution in [0.4, 0.5) is 6.01 Å². The Bertz CT molecular complexity index is 462. The van der Waals surface area contributed by atoms with Gasteiger partial charge in [0.05, 0.1) is 0 Å². The highest BCUT2D eigenvalue weighted by Gasteiger charge is 2.08. The van der Waals surface area contributed by atoms with Gasteiger partial charge in [-0.3, -0.25) is 0 Å². The van der Waals surface area contributed by atoms with Gasteiger partial charge < -0.3 is 10.3 Å². The number of nitrogen functional groups attached to an aromatic ring is 1. The minimum absolute atomic E-state index is 0.0972. The number of anilines is 1. The molecule has 1 heterocycles. The van der Waals surface area contributed by atoms with Gasteiger partial charge in [-0.15, -0.1) is 0 Å². The Morgan fingerprint density at radius 2 is 2.07 bits per heavy atom. The van der Waals surface area contributed by atoms with Crippen LogP contribution >= 0.6 is 0 Å². The molecule has 0 bridgehead atoms. The fourth-order valence-electron chi connectivity index (χ4n) is 1.41. The molecule has 2 rings (SSSR count). The molecule has 0 fully saturated rings. The molecule has 1 aromatic carbocycles. The summed E-state index contributed by atoms with van der Waals surface area (Å²) in [5.74, 6) is 0.542. The highest BCUT2D eigenvalue weighted by Crippen LogP contribution is 2.21. The maximum absolute atomic E-state index is 5.36. The molecule has 0 aliphatic rings. The van der Waals surface area contributed by atoms with E-state index in [4.69, 9.17) is 10.3 Å². The molecule has 2 aromatic rings. The molecule has 0 unspecified atom stereocenters. The number of nitrogens with two attached hydrogens (primary N) is 1. The molecule has 0 spiro atoms. The van der Waals surface area contributed by atoms with Crippen LogP contribution in [0.25, 0.3) is 11.4 Å². The molecule has 72 valence electrons. The topological polar surface area (TPSA) is 64.9 Å². The number of rotatable bonds is 1. The second kappa shape index (κ2) is 3.14. The van der Waals surface area contributed by atoms with Crippen LogP contribution < -0.4 is 5.73 Å². The van der Waals surface area contributed by atoms with Crippen LogP contribution in [0.3, 0.4) is 0 Å². The molecule has 14 heavy (non-hydrogen) atoms. The second-order valence-electron chi connectivity index (χ2n) is 3.27. The van der Waals surface area contributed by atoms with E-state index in [1.807, 2.05) is 26.0 Å². The van der Waals surface area contributed by atoms with Crippen LogP contribution in [-0.4, -0.2) is 10.1 Å². The van der Waals surface area contributed by atoms with Gasteiger partial charge in [0, 0.05) is 5.56 Å². The first-order chi connectivity index (χ1) is 6.66. The smallest absolute Gasteiger partial charge is 0.319 e. The highest BCUT2D eigenvalue weighted by atomic mass is 16.5. The molecule has 2 N–H and O–H groups in total. The monoisotopic (exact) mass is 189 g/mol. The van der Waals surface area contributed by atoms with E-state index in [-0.39, 0.29) is 6.01 Å². The predicted octanol–water partition coefficient (Wildman–Crippen LogP) is 1.94. The van der Waals surface area contributed by atoms with Gasteiger partial charge >= 0.3 is 6.01 Å². The van der Waals surface area contributed by atoms with Crippen LogP contribution in [0.1, 0.15) is 11.1 Å². The summed E-state index contributed by atoms with van der Waals surface area (Å²) in [6, 6.07) is 6.14. The van der Waals surface area contributed by atoms with E-state index in [0.717, 1.165) is 11.1 Å². The molecular weight excluding hydrogens is 178 g/mol. The largest absolute Gasteiger partial charge is 0.351 e. The Kier molecular flexibility index (Phi) is 1.96. The fraction of sp³-hybridized carbons (Fsp3) is 0.200. The summed E-state index contributed by atoms with van der Waals surface area (Å²) < 4.78 is 4.72. The summed E-state index contributed by atoms with van der Waals surface area (Å²) in [6.07, 6.45) is 0. The lowest BCUT2D eigenvalue weighted by Gasteiger charge is -2.01. The molecule has 0 amide bonds. The van der Waals surface area contributed by atoms with Crippen molar-refractivity contribution in [3.63, 3.8) is 0 Å². The molecule has 1 aromatic heterocycles. The van der Waals surface area contributed by atoms with Gasteiger partial charge in [0.1, 0.15) is 0 Å². The lowest BCUT2D eigenvalue weighted by Crippen LogP contribution is -1.87. The molecule has 0 atom stereocenters. The second-order valence-corrected chi connectivity index (χ2v) is 3.27. The van der Waals surface area contributed by atoms with Crippen molar-refractivity contribution in [2.45, 2.75) is 13.8 Å². The number of hydrogen-bond acceptors (Lipinski definition) is 4. The zero-order valence-corrected chi connectivity index (χ0v) is 8.11. The van der Waals surface area contributed by atoms with Gasteiger partial charge in [-0.2, -0.15) is 4.98 Å². The lowest BCUT2D eigenvalue weighted by molar-refractivity contribution is 0.437. The average molecular weight is 189 g/mol. The molecule has 0 saturated heterocycles. The van der Waals surface area contributed by atoms with E-state index in [1.165, 1.54) is 5.56 Å². The third-order valence-electron chi connectivity index (χ3n) is 2.06. The van der Waals surface area contributed by atoms with Gasteiger partial charge in [0.2, 0.25) is 5.82 Å². The Labute approximate surface area is 81.7 Å². The molecule has 0 aliphatic heterocycles. The van der Waals surface area contributed by atoms with Crippen molar-refractivity contribution in [1.82, 2.24) is 10.1 Å². The van der Waals surface area contributed by atoms with Crippen molar-refractivity contribution in [3.05, 3.63) is 29.3 Å². The maximum Gasteiger partial charge on any atom is 0.319 e. The van der Waals surface area contributed by atoms with Gasteiger partial charge in [-0.25, -0.2) is 0 Å². The molecule has 0 radical (unpaired) electrons. The first kappa shape index (κ1) is 8.74. The number of hydrogen-bond donors (Lipinski definition) is 1. The molecular formula is C10H11N3O. The van der Waals surface area contributed by atoms with Crippen molar-refractivity contribution in [2.24, 2.45) is 0 Å². The molecule has 4 heteroatoms. The van der Waals surface area contributed by atoms with Crippen molar-refractivity contribution < 1.29 is 4.52 Å². The molecule has 4 nitrogen and oxygen atoms in total. The normalized spacial score (nSPS) is 10.4. The quantitative estimate of drug-likeness (QED) is 0.744. The number of nitrogens with zero attached hydrogens (tertiary/aromatic N) is 2. The fourth-order valence-corrected chi connectivity index (χ4v) is 1.41. The lowest BCUT2D eigenvalue weighted by atomic mass is 10.1. The van der Waals surface area contributed by atoms with Gasteiger partial charge in [0.15, 0.2) is 0 Å². The van der Waals surface area contributed by atoms with Gasteiger partial charge in [0.25, 0.3) is 0 Å². The predicted molar refractivity (Wildman–Crippen MR) is 53.6 cm³/mol. The SMILES string of the molecule is Cc1ccc(-c2noc(N)n2)c(C)c1. The van der Waals surface area contributed by atoms with E-state index in [1.54, 1.807) is 0 Å². The Morgan fingerprint density at radius 3 is 2.64 bits per heavy atom. The first-order valence-corrected chi connectivity index (χ1v) is 4.33. The Hall–Kier alpha value is -1.84. The molecule has 0 saturated carbocycles. The summed E-state index contributed by atoms with van der Waals surface area (Å²) >= 11 is 0. The Morgan fingerprint density at radius 1 is 1.29 bits per heavy atom. The van der Waals surface area contributed by atoms with Crippen LogP contribution in [0.2, 0.25) is 0 Å². The molecule has 0 aliphatic carbocycles. The maximum atomic E-state index is 5.36. The van der Waals surface area contributed by atoms with Crippen LogP contribution in [-0.2, 0) is 0 Å². The summed E-state index contributed by atoms with van der Waals surface area (Å²) in [5.41, 5.74) is 8.64. The van der Waals surface area contributed by atoms with Crippen LogP contribution in [0.5, 0.6) is 0 Å². The van der Waals surface area contributed by atoms with Crippen molar-refractivity contribution in [3.8, 4) is 11.4 Å². The van der Waals surface area contributed by atoms with E-state index >= 15 is 0 Å². The zero-order valence-electron chi connectivity index (χ0n) is 8.11. The minimum atomic E-state index is 0.0972. The summed E-state index contributed by atoms with van der Waals surface area (Å²) in [7, 11) is 0. The van der Waals surface area contributed by atoms with Crippen LogP contribution in [0.15, 0.2) is 22.7 Å². The Balaban J connectivity index is 2.52. The summed E-state index contributed by atoms with van der Waals surface area (Å²) in [5, 5.41) is 3.77. The minimum Gasteiger partial charge on any atom is -0.351 e. The van der Waals surface area contributed by atoms with Gasteiger partial charge in [-0.1, -0.05) is 28.9 Å². The number of aryl methyl sites for hydroxylation is 2. The first-order valence-electron chi connectivity index (χ1n) is 4.33. The number of benzene rings is 1. The summed E-state index contributed by atoms with van der Waals surface area (Å²) in [6.45, 7) is 4.05. The van der Waals surface area contributed by atoms with Crippen molar-refractivity contribution in [1.29, 1.82) is 0 Å². The highest BCUT2D eigenvalue weighted by molar-refractivity contribution is 5.60. The summed E-state index contributed by atoms with van der Waals surface area (Å²) in [4.78, 5) is 3.97. The van der Waals surface area contributed by atoms with E-state index < -0.39 is 0 Å². The zero-order chi connectivity index (χ0) is 10.1. The average Bonchev–Trinajstić information content (AvgIpc) is 2.51.